The van der Waals surface area contributed by atoms with E-state index >= 15 is 0 Å². The number of hydrogen-bond donors (Lipinski definition) is 1. The van der Waals surface area contributed by atoms with Crippen molar-refractivity contribution in [1.29, 1.82) is 0 Å². The molecule has 2 fully saturated rings. The molecule has 0 bridgehead atoms. The van der Waals surface area contributed by atoms with Gasteiger partial charge in [0.1, 0.15) is 0 Å². The molecule has 88 valence electrons. The van der Waals surface area contributed by atoms with Crippen molar-refractivity contribution in [3.05, 3.63) is 35.9 Å². The lowest BCUT2D eigenvalue weighted by atomic mass is 9.83. The van der Waals surface area contributed by atoms with E-state index in [2.05, 4.69) is 40.5 Å². The summed E-state index contributed by atoms with van der Waals surface area (Å²) in [7, 11) is 0. The number of rotatable bonds is 2. The van der Waals surface area contributed by atoms with E-state index in [-0.39, 0.29) is 12.4 Å². The fourth-order valence-electron chi connectivity index (χ4n) is 2.85. The van der Waals surface area contributed by atoms with Crippen LogP contribution < -0.4 is 5.32 Å². The molecule has 1 aromatic carbocycles. The Morgan fingerprint density at radius 1 is 1.19 bits per heavy atom. The van der Waals surface area contributed by atoms with E-state index in [0.717, 1.165) is 6.54 Å². The minimum atomic E-state index is 0. The van der Waals surface area contributed by atoms with Gasteiger partial charge in [0.15, 0.2) is 0 Å². The Hall–Kier alpha value is -0.570. The molecule has 3 rings (SSSR count). The summed E-state index contributed by atoms with van der Waals surface area (Å²) in [5, 5.41) is 3.49. The van der Waals surface area contributed by atoms with Crippen LogP contribution in [0.4, 0.5) is 0 Å². The lowest BCUT2D eigenvalue weighted by Crippen LogP contribution is -2.60. The van der Waals surface area contributed by atoms with Crippen LogP contribution in [0.3, 0.4) is 0 Å². The maximum Gasteiger partial charge on any atom is 0.0361 e. The number of benzene rings is 1. The number of halogens is 1. The predicted octanol–water partition coefficient (Wildman–Crippen LogP) is 2.05. The van der Waals surface area contributed by atoms with Gasteiger partial charge in [-0.2, -0.15) is 0 Å². The number of likely N-dealkylation sites (tertiary alicyclic amines) is 1. The average molecular weight is 239 g/mol. The first-order valence-electron chi connectivity index (χ1n) is 5.89. The van der Waals surface area contributed by atoms with Gasteiger partial charge in [-0.25, -0.2) is 0 Å². The molecule has 1 spiro atoms. The van der Waals surface area contributed by atoms with E-state index < -0.39 is 0 Å². The van der Waals surface area contributed by atoms with Crippen molar-refractivity contribution in [2.75, 3.05) is 19.6 Å². The Kier molecular flexibility index (Phi) is 3.53. The largest absolute Gasteiger partial charge is 0.315 e. The highest BCUT2D eigenvalue weighted by Crippen LogP contribution is 2.36. The maximum absolute atomic E-state index is 3.49. The molecule has 2 nitrogen and oxygen atoms in total. The highest BCUT2D eigenvalue weighted by molar-refractivity contribution is 5.85. The van der Waals surface area contributed by atoms with Crippen molar-refractivity contribution in [3.8, 4) is 0 Å². The highest BCUT2D eigenvalue weighted by atomic mass is 35.5. The van der Waals surface area contributed by atoms with Crippen molar-refractivity contribution in [2.45, 2.75) is 24.9 Å². The lowest BCUT2D eigenvalue weighted by Gasteiger charge is -2.50. The van der Waals surface area contributed by atoms with Gasteiger partial charge in [-0.3, -0.25) is 4.90 Å². The minimum absolute atomic E-state index is 0. The second-order valence-electron chi connectivity index (χ2n) is 4.81. The van der Waals surface area contributed by atoms with Crippen LogP contribution >= 0.6 is 12.4 Å². The van der Waals surface area contributed by atoms with Crippen LogP contribution in [0.2, 0.25) is 0 Å². The summed E-state index contributed by atoms with van der Waals surface area (Å²) in [5.74, 6) is 0. The molecule has 0 amide bonds. The lowest BCUT2D eigenvalue weighted by molar-refractivity contribution is -0.00613. The van der Waals surface area contributed by atoms with Gasteiger partial charge in [0, 0.05) is 25.2 Å². The molecule has 1 atom stereocenters. The zero-order valence-electron chi connectivity index (χ0n) is 9.48. The Morgan fingerprint density at radius 3 is 2.56 bits per heavy atom. The molecule has 0 saturated carbocycles. The number of nitrogens with zero attached hydrogens (tertiary/aromatic N) is 1. The second-order valence-corrected chi connectivity index (χ2v) is 4.81. The summed E-state index contributed by atoms with van der Waals surface area (Å²) < 4.78 is 0. The van der Waals surface area contributed by atoms with Crippen LogP contribution in [0.15, 0.2) is 30.3 Å². The zero-order valence-corrected chi connectivity index (χ0v) is 10.3. The average Bonchev–Trinajstić information content (AvgIpc) is 2.77. The Bertz CT molecular complexity index is 333. The quantitative estimate of drug-likeness (QED) is 0.849. The molecular weight excluding hydrogens is 220 g/mol. The van der Waals surface area contributed by atoms with E-state index in [0.29, 0.717) is 5.54 Å². The maximum atomic E-state index is 3.49. The van der Waals surface area contributed by atoms with Crippen molar-refractivity contribution in [3.63, 3.8) is 0 Å². The monoisotopic (exact) mass is 238 g/mol. The summed E-state index contributed by atoms with van der Waals surface area (Å²) in [6.45, 7) is 4.80. The molecule has 16 heavy (non-hydrogen) atoms. The molecule has 0 radical (unpaired) electrons. The fourth-order valence-corrected chi connectivity index (χ4v) is 2.85. The molecule has 0 aromatic heterocycles. The van der Waals surface area contributed by atoms with E-state index in [1.165, 1.54) is 38.0 Å². The Morgan fingerprint density at radius 2 is 2.00 bits per heavy atom. The summed E-state index contributed by atoms with van der Waals surface area (Å²) in [4.78, 5) is 2.64. The van der Waals surface area contributed by atoms with Crippen LogP contribution in [0, 0.1) is 0 Å². The van der Waals surface area contributed by atoms with Gasteiger partial charge in [0.25, 0.3) is 0 Å². The summed E-state index contributed by atoms with van der Waals surface area (Å²) in [5.41, 5.74) is 1.96. The number of hydrogen-bond acceptors (Lipinski definition) is 2. The normalized spacial score (nSPS) is 28.8. The van der Waals surface area contributed by atoms with Crippen molar-refractivity contribution in [2.24, 2.45) is 0 Å². The first kappa shape index (κ1) is 11.9. The van der Waals surface area contributed by atoms with E-state index in [1.54, 1.807) is 0 Å². The standard InChI is InChI=1S/C13H18N2.ClH/c1-2-4-12(5-3-1)10-15-9-7-13(15)6-8-14-11-13;/h1-5,14H,6-11H2;1H. The molecule has 2 heterocycles. The van der Waals surface area contributed by atoms with Gasteiger partial charge in [-0.05, 0) is 24.9 Å². The van der Waals surface area contributed by atoms with Crippen LogP contribution in [0.5, 0.6) is 0 Å². The molecule has 0 aliphatic carbocycles. The van der Waals surface area contributed by atoms with Crippen LogP contribution in [0.25, 0.3) is 0 Å². The third-order valence-corrected chi connectivity index (χ3v) is 3.96. The van der Waals surface area contributed by atoms with Crippen LogP contribution in [-0.4, -0.2) is 30.1 Å². The molecule has 3 heteroatoms. The van der Waals surface area contributed by atoms with Gasteiger partial charge in [-0.1, -0.05) is 30.3 Å². The van der Waals surface area contributed by atoms with Gasteiger partial charge in [-0.15, -0.1) is 12.4 Å². The summed E-state index contributed by atoms with van der Waals surface area (Å²) in [6, 6.07) is 10.8. The minimum Gasteiger partial charge on any atom is -0.315 e. The first-order valence-corrected chi connectivity index (χ1v) is 5.89. The van der Waals surface area contributed by atoms with E-state index in [4.69, 9.17) is 0 Å². The summed E-state index contributed by atoms with van der Waals surface area (Å²) >= 11 is 0. The van der Waals surface area contributed by atoms with Gasteiger partial charge in [0.2, 0.25) is 0 Å². The van der Waals surface area contributed by atoms with Gasteiger partial charge >= 0.3 is 0 Å². The highest BCUT2D eigenvalue weighted by Gasteiger charge is 2.45. The van der Waals surface area contributed by atoms with Crippen molar-refractivity contribution in [1.82, 2.24) is 10.2 Å². The van der Waals surface area contributed by atoms with Gasteiger partial charge in [0.05, 0.1) is 0 Å². The predicted molar refractivity (Wildman–Crippen MR) is 68.9 cm³/mol. The fraction of sp³-hybridized carbons (Fsp3) is 0.538. The van der Waals surface area contributed by atoms with Crippen molar-refractivity contribution < 1.29 is 0 Å². The van der Waals surface area contributed by atoms with E-state index in [1.807, 2.05) is 0 Å². The molecule has 2 saturated heterocycles. The molecule has 1 unspecified atom stereocenters. The third kappa shape index (κ3) is 1.97. The first-order chi connectivity index (χ1) is 7.39. The molecule has 2 aliphatic rings. The van der Waals surface area contributed by atoms with Gasteiger partial charge < -0.3 is 5.32 Å². The zero-order chi connectivity index (χ0) is 10.1. The third-order valence-electron chi connectivity index (χ3n) is 3.96. The van der Waals surface area contributed by atoms with Crippen molar-refractivity contribution >= 4 is 12.4 Å². The SMILES string of the molecule is Cl.c1ccc(CN2CCC23CCNC3)cc1. The molecular formula is C13H19ClN2. The van der Waals surface area contributed by atoms with Crippen LogP contribution in [-0.2, 0) is 6.54 Å². The van der Waals surface area contributed by atoms with E-state index in [9.17, 15) is 0 Å². The van der Waals surface area contributed by atoms with Crippen LogP contribution in [0.1, 0.15) is 18.4 Å². The molecule has 1 N–H and O–H groups in total. The smallest absolute Gasteiger partial charge is 0.0361 e. The number of nitrogens with one attached hydrogen (secondary N) is 1. The Balaban J connectivity index is 0.000000963. The summed E-state index contributed by atoms with van der Waals surface area (Å²) in [6.07, 6.45) is 2.71. The topological polar surface area (TPSA) is 15.3 Å². The molecule has 2 aliphatic heterocycles. The second kappa shape index (κ2) is 4.74. The molecule has 1 aromatic rings. The Labute approximate surface area is 103 Å².